The summed E-state index contributed by atoms with van der Waals surface area (Å²) in [6, 6.07) is 7.30. The molecule has 0 amide bonds. The molecule has 2 aromatic rings. The Morgan fingerprint density at radius 3 is 2.74 bits per heavy atom. The molecule has 1 aromatic heterocycles. The predicted octanol–water partition coefficient (Wildman–Crippen LogP) is 4.28. The normalized spacial score (nSPS) is 17.1. The number of ether oxygens (including phenoxy) is 1. The van der Waals surface area contributed by atoms with Crippen LogP contribution in [0.1, 0.15) is 61.8 Å². The van der Waals surface area contributed by atoms with Crippen LogP contribution in [0.25, 0.3) is 10.9 Å². The van der Waals surface area contributed by atoms with Crippen LogP contribution in [-0.4, -0.2) is 22.9 Å². The van der Waals surface area contributed by atoms with Gasteiger partial charge < -0.3 is 9.30 Å². The summed E-state index contributed by atoms with van der Waals surface area (Å²) in [5.74, 6) is -0.183. The molecule has 1 aliphatic rings. The molecule has 1 aromatic carbocycles. The summed E-state index contributed by atoms with van der Waals surface area (Å²) < 4.78 is 7.64. The van der Waals surface area contributed by atoms with Gasteiger partial charge in [0, 0.05) is 22.7 Å². The SMILES string of the molecule is CCC(C(=O)OC1CCCCC1)n1cc(C=O)c2ccccc21. The van der Waals surface area contributed by atoms with Crippen LogP contribution in [0.15, 0.2) is 30.5 Å². The third-order valence-electron chi connectivity index (χ3n) is 4.73. The van der Waals surface area contributed by atoms with E-state index in [-0.39, 0.29) is 18.1 Å². The highest BCUT2D eigenvalue weighted by molar-refractivity contribution is 5.98. The van der Waals surface area contributed by atoms with Crippen molar-refractivity contribution in [1.82, 2.24) is 4.57 Å². The summed E-state index contributed by atoms with van der Waals surface area (Å²) in [6.45, 7) is 1.97. The summed E-state index contributed by atoms with van der Waals surface area (Å²) >= 11 is 0. The van der Waals surface area contributed by atoms with Gasteiger partial charge >= 0.3 is 5.97 Å². The number of para-hydroxylation sites is 1. The van der Waals surface area contributed by atoms with Crippen LogP contribution in [0.4, 0.5) is 0 Å². The number of nitrogens with zero attached hydrogens (tertiary/aromatic N) is 1. The number of fused-ring (bicyclic) bond motifs is 1. The fourth-order valence-corrected chi connectivity index (χ4v) is 3.49. The van der Waals surface area contributed by atoms with Crippen LogP contribution in [0.3, 0.4) is 0 Å². The van der Waals surface area contributed by atoms with Crippen molar-refractivity contribution in [3.8, 4) is 0 Å². The van der Waals surface area contributed by atoms with Gasteiger partial charge in [-0.05, 0) is 38.2 Å². The van der Waals surface area contributed by atoms with Gasteiger partial charge in [-0.1, -0.05) is 31.5 Å². The minimum atomic E-state index is -0.379. The summed E-state index contributed by atoms with van der Waals surface area (Å²) in [5, 5.41) is 0.881. The number of carbonyl (C=O) groups is 2. The van der Waals surface area contributed by atoms with Gasteiger partial charge in [-0.2, -0.15) is 0 Å². The van der Waals surface area contributed by atoms with Crippen molar-refractivity contribution in [3.05, 3.63) is 36.0 Å². The fourth-order valence-electron chi connectivity index (χ4n) is 3.49. The summed E-state index contributed by atoms with van der Waals surface area (Å²) in [7, 11) is 0. The number of carbonyl (C=O) groups excluding carboxylic acids is 2. The van der Waals surface area contributed by atoms with E-state index < -0.39 is 0 Å². The van der Waals surface area contributed by atoms with Crippen molar-refractivity contribution in [3.63, 3.8) is 0 Å². The van der Waals surface area contributed by atoms with E-state index in [9.17, 15) is 9.59 Å². The lowest BCUT2D eigenvalue weighted by atomic mass is 9.98. The molecule has 0 bridgehead atoms. The number of aldehydes is 1. The van der Waals surface area contributed by atoms with Crippen LogP contribution in [0.2, 0.25) is 0 Å². The lowest BCUT2D eigenvalue weighted by Gasteiger charge is -2.25. The third-order valence-corrected chi connectivity index (χ3v) is 4.73. The number of hydrogen-bond donors (Lipinski definition) is 0. The summed E-state index contributed by atoms with van der Waals surface area (Å²) in [6.07, 6.45) is 8.75. The molecule has 1 aliphatic carbocycles. The van der Waals surface area contributed by atoms with Crippen molar-refractivity contribution in [2.45, 2.75) is 57.6 Å². The van der Waals surface area contributed by atoms with E-state index in [4.69, 9.17) is 4.74 Å². The first-order chi connectivity index (χ1) is 11.2. The van der Waals surface area contributed by atoms with Crippen LogP contribution >= 0.6 is 0 Å². The van der Waals surface area contributed by atoms with Crippen molar-refractivity contribution in [2.75, 3.05) is 0 Å². The Kier molecular flexibility index (Phi) is 4.79. The smallest absolute Gasteiger partial charge is 0.329 e. The lowest BCUT2D eigenvalue weighted by molar-refractivity contribution is -0.154. The first-order valence-electron chi connectivity index (χ1n) is 8.49. The highest BCUT2D eigenvalue weighted by Gasteiger charge is 2.26. The Bertz CT molecular complexity index is 698. The Balaban J connectivity index is 1.88. The molecule has 1 saturated carbocycles. The highest BCUT2D eigenvalue weighted by Crippen LogP contribution is 2.28. The van der Waals surface area contributed by atoms with Gasteiger partial charge in [0.2, 0.25) is 0 Å². The van der Waals surface area contributed by atoms with Crippen molar-refractivity contribution >= 4 is 23.2 Å². The number of hydrogen-bond acceptors (Lipinski definition) is 3. The second kappa shape index (κ2) is 6.99. The van der Waals surface area contributed by atoms with Gasteiger partial charge in [0.15, 0.2) is 6.29 Å². The first-order valence-corrected chi connectivity index (χ1v) is 8.49. The van der Waals surface area contributed by atoms with E-state index >= 15 is 0 Å². The predicted molar refractivity (Wildman–Crippen MR) is 89.6 cm³/mol. The second-order valence-corrected chi connectivity index (χ2v) is 6.25. The zero-order chi connectivity index (χ0) is 16.2. The van der Waals surface area contributed by atoms with Crippen LogP contribution < -0.4 is 0 Å². The molecule has 1 heterocycles. The van der Waals surface area contributed by atoms with Crippen molar-refractivity contribution in [1.29, 1.82) is 0 Å². The van der Waals surface area contributed by atoms with E-state index in [2.05, 4.69) is 0 Å². The molecule has 0 aliphatic heterocycles. The minimum Gasteiger partial charge on any atom is -0.461 e. The van der Waals surface area contributed by atoms with E-state index in [1.165, 1.54) is 6.42 Å². The maximum atomic E-state index is 12.7. The summed E-state index contributed by atoms with van der Waals surface area (Å²) in [5.41, 5.74) is 1.52. The molecule has 0 radical (unpaired) electrons. The van der Waals surface area contributed by atoms with E-state index in [0.29, 0.717) is 12.0 Å². The van der Waals surface area contributed by atoms with Crippen LogP contribution in [-0.2, 0) is 9.53 Å². The lowest BCUT2D eigenvalue weighted by Crippen LogP contribution is -2.27. The number of esters is 1. The van der Waals surface area contributed by atoms with Gasteiger partial charge in [0.1, 0.15) is 12.1 Å². The molecule has 1 atom stereocenters. The molecule has 4 nitrogen and oxygen atoms in total. The maximum Gasteiger partial charge on any atom is 0.329 e. The average Bonchev–Trinajstić information content (AvgIpc) is 2.95. The molecule has 0 spiro atoms. The van der Waals surface area contributed by atoms with Gasteiger partial charge in [-0.3, -0.25) is 4.79 Å². The third kappa shape index (κ3) is 3.16. The molecule has 3 rings (SSSR count). The largest absolute Gasteiger partial charge is 0.461 e. The topological polar surface area (TPSA) is 48.3 Å². The van der Waals surface area contributed by atoms with Gasteiger partial charge in [0.25, 0.3) is 0 Å². The maximum absolute atomic E-state index is 12.7. The average molecular weight is 313 g/mol. The molecule has 0 N–H and O–H groups in total. The van der Waals surface area contributed by atoms with Gasteiger partial charge in [-0.25, -0.2) is 4.79 Å². The van der Waals surface area contributed by atoms with Crippen LogP contribution in [0, 0.1) is 0 Å². The van der Waals surface area contributed by atoms with Gasteiger partial charge in [0.05, 0.1) is 0 Å². The minimum absolute atomic E-state index is 0.0534. The first kappa shape index (κ1) is 15.8. The van der Waals surface area contributed by atoms with Gasteiger partial charge in [-0.15, -0.1) is 0 Å². The number of benzene rings is 1. The van der Waals surface area contributed by atoms with Crippen molar-refractivity contribution < 1.29 is 14.3 Å². The Morgan fingerprint density at radius 1 is 1.30 bits per heavy atom. The fraction of sp³-hybridized carbons (Fsp3) is 0.474. The molecular weight excluding hydrogens is 290 g/mol. The Hall–Kier alpha value is -2.10. The molecule has 122 valence electrons. The highest BCUT2D eigenvalue weighted by atomic mass is 16.5. The monoisotopic (exact) mass is 313 g/mol. The summed E-state index contributed by atoms with van der Waals surface area (Å²) in [4.78, 5) is 24.0. The van der Waals surface area contributed by atoms with Crippen LogP contribution in [0.5, 0.6) is 0 Å². The molecule has 1 unspecified atom stereocenters. The van der Waals surface area contributed by atoms with E-state index in [1.807, 2.05) is 35.8 Å². The van der Waals surface area contributed by atoms with E-state index in [1.54, 1.807) is 6.20 Å². The Morgan fingerprint density at radius 2 is 2.04 bits per heavy atom. The standard InChI is InChI=1S/C19H23NO3/c1-2-17(19(22)23-15-8-4-3-5-9-15)20-12-14(13-21)16-10-6-7-11-18(16)20/h6-7,10-13,15,17H,2-5,8-9H2,1H3. The Labute approximate surface area is 136 Å². The molecular formula is C19H23NO3. The zero-order valence-electron chi connectivity index (χ0n) is 13.5. The molecule has 23 heavy (non-hydrogen) atoms. The second-order valence-electron chi connectivity index (χ2n) is 6.25. The number of rotatable bonds is 5. The van der Waals surface area contributed by atoms with Crippen molar-refractivity contribution in [2.24, 2.45) is 0 Å². The van der Waals surface area contributed by atoms with E-state index in [0.717, 1.165) is 42.9 Å². The number of aromatic nitrogens is 1. The zero-order valence-corrected chi connectivity index (χ0v) is 13.5. The molecule has 1 fully saturated rings. The quantitative estimate of drug-likeness (QED) is 0.611. The molecule has 0 saturated heterocycles. The molecule has 4 heteroatoms.